The molecule has 0 aliphatic heterocycles. The van der Waals surface area contributed by atoms with Crippen molar-refractivity contribution in [1.29, 1.82) is 0 Å². The molecular formula is C18H22N2O4. The molecule has 0 saturated carbocycles. The van der Waals surface area contributed by atoms with E-state index in [0.29, 0.717) is 18.7 Å². The molecule has 2 N–H and O–H groups in total. The van der Waals surface area contributed by atoms with Crippen LogP contribution in [0.5, 0.6) is 0 Å². The summed E-state index contributed by atoms with van der Waals surface area (Å²) in [6, 6.07) is 7.71. The van der Waals surface area contributed by atoms with Crippen LogP contribution in [0.1, 0.15) is 48.2 Å². The summed E-state index contributed by atoms with van der Waals surface area (Å²) in [5.74, 6) is -0.559. The summed E-state index contributed by atoms with van der Waals surface area (Å²) in [4.78, 5) is 26.7. The number of carboxylic acid groups (broad SMARTS) is 1. The van der Waals surface area contributed by atoms with E-state index in [0.717, 1.165) is 30.4 Å². The van der Waals surface area contributed by atoms with Crippen LogP contribution in [0, 0.1) is 6.92 Å². The van der Waals surface area contributed by atoms with Crippen LogP contribution in [0.15, 0.2) is 35.1 Å². The van der Waals surface area contributed by atoms with Gasteiger partial charge in [-0.25, -0.2) is 4.98 Å². The van der Waals surface area contributed by atoms with Crippen LogP contribution in [-0.4, -0.2) is 28.5 Å². The number of carboxylic acids is 1. The molecule has 6 nitrogen and oxygen atoms in total. The van der Waals surface area contributed by atoms with Crippen LogP contribution in [-0.2, 0) is 4.79 Å². The molecule has 0 unspecified atom stereocenters. The second-order valence-electron chi connectivity index (χ2n) is 5.71. The van der Waals surface area contributed by atoms with Crippen LogP contribution >= 0.6 is 0 Å². The third kappa shape index (κ3) is 5.22. The Morgan fingerprint density at radius 1 is 1.12 bits per heavy atom. The minimum Gasteiger partial charge on any atom is -0.481 e. The van der Waals surface area contributed by atoms with Crippen molar-refractivity contribution in [3.05, 3.63) is 41.9 Å². The Morgan fingerprint density at radius 3 is 2.54 bits per heavy atom. The molecule has 128 valence electrons. The maximum absolute atomic E-state index is 12.2. The topological polar surface area (TPSA) is 92.4 Å². The highest BCUT2D eigenvalue weighted by molar-refractivity contribution is 5.97. The summed E-state index contributed by atoms with van der Waals surface area (Å²) in [6.07, 6.45) is 4.69. The first-order chi connectivity index (χ1) is 11.6. The fraction of sp³-hybridized carbons (Fsp3) is 0.389. The summed E-state index contributed by atoms with van der Waals surface area (Å²) < 4.78 is 5.37. The minimum absolute atomic E-state index is 0.200. The molecule has 1 amide bonds. The fourth-order valence-corrected chi connectivity index (χ4v) is 2.36. The monoisotopic (exact) mass is 330 g/mol. The molecule has 6 heteroatoms. The molecule has 0 bridgehead atoms. The maximum Gasteiger partial charge on any atom is 0.303 e. The summed E-state index contributed by atoms with van der Waals surface area (Å²) in [5.41, 5.74) is 2.23. The summed E-state index contributed by atoms with van der Waals surface area (Å²) in [7, 11) is 0. The highest BCUT2D eigenvalue weighted by Gasteiger charge is 2.17. The van der Waals surface area contributed by atoms with Crippen LogP contribution < -0.4 is 5.32 Å². The molecule has 0 atom stereocenters. The molecule has 2 aromatic rings. The van der Waals surface area contributed by atoms with Gasteiger partial charge in [-0.3, -0.25) is 9.59 Å². The lowest BCUT2D eigenvalue weighted by molar-refractivity contribution is -0.137. The Hall–Kier alpha value is -2.63. The Balaban J connectivity index is 1.80. The lowest BCUT2D eigenvalue weighted by Gasteiger charge is -2.05. The van der Waals surface area contributed by atoms with Crippen LogP contribution in [0.4, 0.5) is 0 Å². The minimum atomic E-state index is -0.766. The average molecular weight is 330 g/mol. The molecular weight excluding hydrogens is 308 g/mol. The zero-order valence-electron chi connectivity index (χ0n) is 13.7. The van der Waals surface area contributed by atoms with E-state index in [1.54, 1.807) is 0 Å². The van der Waals surface area contributed by atoms with E-state index in [-0.39, 0.29) is 18.0 Å². The van der Waals surface area contributed by atoms with Gasteiger partial charge in [0.15, 0.2) is 17.8 Å². The first-order valence-corrected chi connectivity index (χ1v) is 8.08. The predicted molar refractivity (Wildman–Crippen MR) is 89.7 cm³/mol. The first kappa shape index (κ1) is 17.7. The van der Waals surface area contributed by atoms with Gasteiger partial charge in [-0.05, 0) is 19.8 Å². The number of aromatic nitrogens is 1. The van der Waals surface area contributed by atoms with Crippen molar-refractivity contribution in [2.45, 2.75) is 39.0 Å². The number of carbonyl (C=O) groups is 2. The van der Waals surface area contributed by atoms with Gasteiger partial charge in [-0.15, -0.1) is 0 Å². The summed E-state index contributed by atoms with van der Waals surface area (Å²) >= 11 is 0. The second-order valence-corrected chi connectivity index (χ2v) is 5.71. The van der Waals surface area contributed by atoms with E-state index in [2.05, 4.69) is 10.3 Å². The van der Waals surface area contributed by atoms with E-state index in [1.165, 1.54) is 6.39 Å². The molecule has 0 aliphatic carbocycles. The largest absolute Gasteiger partial charge is 0.481 e. The van der Waals surface area contributed by atoms with Gasteiger partial charge in [-0.2, -0.15) is 0 Å². The number of hydrogen-bond acceptors (Lipinski definition) is 4. The zero-order valence-corrected chi connectivity index (χ0v) is 13.7. The molecule has 0 spiro atoms. The molecule has 0 aliphatic rings. The number of nitrogens with one attached hydrogen (secondary N) is 1. The van der Waals surface area contributed by atoms with Gasteiger partial charge in [0.2, 0.25) is 0 Å². The number of carbonyl (C=O) groups excluding carboxylic acids is 1. The Bertz CT molecular complexity index is 677. The number of amides is 1. The van der Waals surface area contributed by atoms with Crippen molar-refractivity contribution in [3.63, 3.8) is 0 Å². The number of unbranched alkanes of at least 4 members (excludes halogenated alkanes) is 3. The highest BCUT2D eigenvalue weighted by Crippen LogP contribution is 2.23. The van der Waals surface area contributed by atoms with Crippen molar-refractivity contribution in [2.24, 2.45) is 0 Å². The van der Waals surface area contributed by atoms with Crippen LogP contribution in [0.3, 0.4) is 0 Å². The van der Waals surface area contributed by atoms with Gasteiger partial charge < -0.3 is 14.8 Å². The van der Waals surface area contributed by atoms with Crippen molar-refractivity contribution in [3.8, 4) is 11.3 Å². The van der Waals surface area contributed by atoms with Gasteiger partial charge in [0.25, 0.3) is 5.91 Å². The van der Waals surface area contributed by atoms with E-state index in [4.69, 9.17) is 9.52 Å². The van der Waals surface area contributed by atoms with E-state index in [9.17, 15) is 9.59 Å². The number of hydrogen-bond donors (Lipinski definition) is 2. The number of rotatable bonds is 9. The predicted octanol–water partition coefficient (Wildman–Crippen LogP) is 3.41. The van der Waals surface area contributed by atoms with Gasteiger partial charge >= 0.3 is 5.97 Å². The van der Waals surface area contributed by atoms with Crippen molar-refractivity contribution in [1.82, 2.24) is 10.3 Å². The van der Waals surface area contributed by atoms with E-state index < -0.39 is 5.97 Å². The summed E-state index contributed by atoms with van der Waals surface area (Å²) in [6.45, 7) is 2.53. The lowest BCUT2D eigenvalue weighted by Crippen LogP contribution is -2.25. The third-order valence-electron chi connectivity index (χ3n) is 3.70. The molecule has 0 radical (unpaired) electrons. The molecule has 1 heterocycles. The third-order valence-corrected chi connectivity index (χ3v) is 3.70. The van der Waals surface area contributed by atoms with Crippen LogP contribution in [0.2, 0.25) is 0 Å². The SMILES string of the molecule is Cc1ccc(-c2ocnc2C(=O)NCCCCCCC(=O)O)cc1. The molecule has 2 rings (SSSR count). The molecule has 0 saturated heterocycles. The molecule has 24 heavy (non-hydrogen) atoms. The maximum atomic E-state index is 12.2. The summed E-state index contributed by atoms with van der Waals surface area (Å²) in [5, 5.41) is 11.4. The van der Waals surface area contributed by atoms with Gasteiger partial charge in [-0.1, -0.05) is 42.7 Å². The number of aliphatic carboxylic acids is 1. The van der Waals surface area contributed by atoms with Crippen molar-refractivity contribution in [2.75, 3.05) is 6.54 Å². The Morgan fingerprint density at radius 2 is 1.83 bits per heavy atom. The Kier molecular flexibility index (Phi) is 6.54. The van der Waals surface area contributed by atoms with Crippen molar-refractivity contribution < 1.29 is 19.1 Å². The second kappa shape index (κ2) is 8.86. The zero-order chi connectivity index (χ0) is 17.4. The number of oxazole rings is 1. The smallest absolute Gasteiger partial charge is 0.303 e. The molecule has 1 aromatic carbocycles. The lowest BCUT2D eigenvalue weighted by atomic mass is 10.1. The molecule has 1 aromatic heterocycles. The normalized spacial score (nSPS) is 10.5. The quantitative estimate of drug-likeness (QED) is 0.687. The average Bonchev–Trinajstić information content (AvgIpc) is 3.04. The Labute approximate surface area is 140 Å². The van der Waals surface area contributed by atoms with Gasteiger partial charge in [0.05, 0.1) is 0 Å². The number of benzene rings is 1. The number of nitrogens with zero attached hydrogens (tertiary/aromatic N) is 1. The van der Waals surface area contributed by atoms with Crippen LogP contribution in [0.25, 0.3) is 11.3 Å². The standard InChI is InChI=1S/C18H22N2O4/c1-13-7-9-14(10-8-13)17-16(20-12-24-17)18(23)19-11-5-3-2-4-6-15(21)22/h7-10,12H,2-6,11H2,1H3,(H,19,23)(H,21,22). The first-order valence-electron chi connectivity index (χ1n) is 8.08. The number of aryl methyl sites for hydroxylation is 1. The van der Waals surface area contributed by atoms with Crippen molar-refractivity contribution >= 4 is 11.9 Å². The van der Waals surface area contributed by atoms with Gasteiger partial charge in [0, 0.05) is 18.5 Å². The van der Waals surface area contributed by atoms with Gasteiger partial charge in [0.1, 0.15) is 0 Å². The fourth-order valence-electron chi connectivity index (χ4n) is 2.36. The van der Waals surface area contributed by atoms with E-state index in [1.807, 2.05) is 31.2 Å². The van der Waals surface area contributed by atoms with E-state index >= 15 is 0 Å². The molecule has 0 fully saturated rings. The highest BCUT2D eigenvalue weighted by atomic mass is 16.4.